The molecule has 0 bridgehead atoms. The molecule has 0 aromatic heterocycles. The van der Waals surface area contributed by atoms with E-state index in [2.05, 4.69) is 34.3 Å². The molecule has 2 saturated heterocycles. The molecule has 4 unspecified atom stereocenters. The Balaban J connectivity index is 1.43. The quantitative estimate of drug-likeness (QED) is 0.717. The van der Waals surface area contributed by atoms with Gasteiger partial charge in [-0.2, -0.15) is 0 Å². The highest BCUT2D eigenvalue weighted by Crippen LogP contribution is 2.61. The van der Waals surface area contributed by atoms with Crippen LogP contribution < -0.4 is 10.6 Å². The molecular formula is C19H32F2N4O. The van der Waals surface area contributed by atoms with Crippen molar-refractivity contribution in [2.45, 2.75) is 50.9 Å². The van der Waals surface area contributed by atoms with Crippen LogP contribution in [0.2, 0.25) is 0 Å². The van der Waals surface area contributed by atoms with Crippen LogP contribution in [0, 0.1) is 10.8 Å². The summed E-state index contributed by atoms with van der Waals surface area (Å²) in [5.74, 6) is 0.312. The number of nitrogens with one attached hydrogen (secondary N) is 2. The summed E-state index contributed by atoms with van der Waals surface area (Å²) < 4.78 is 26.8. The van der Waals surface area contributed by atoms with Crippen molar-refractivity contribution in [1.29, 1.82) is 0 Å². The predicted molar refractivity (Wildman–Crippen MR) is 96.7 cm³/mol. The van der Waals surface area contributed by atoms with Gasteiger partial charge < -0.3 is 10.6 Å². The first kappa shape index (κ1) is 18.7. The van der Waals surface area contributed by atoms with Gasteiger partial charge in [0.1, 0.15) is 19.1 Å². The minimum Gasteiger partial charge on any atom is -0.314 e. The Kier molecular flexibility index (Phi) is 4.87. The van der Waals surface area contributed by atoms with Gasteiger partial charge in [0.15, 0.2) is 0 Å². The van der Waals surface area contributed by atoms with E-state index in [1.165, 1.54) is 0 Å². The lowest BCUT2D eigenvalue weighted by molar-refractivity contribution is -0.130. The third kappa shape index (κ3) is 2.91. The molecule has 0 aromatic rings. The maximum absolute atomic E-state index is 13.4. The van der Waals surface area contributed by atoms with E-state index >= 15 is 0 Å². The molecule has 0 spiro atoms. The molecule has 0 aromatic carbocycles. The van der Waals surface area contributed by atoms with Gasteiger partial charge in [-0.1, -0.05) is 13.8 Å². The van der Waals surface area contributed by atoms with Crippen molar-refractivity contribution in [3.63, 3.8) is 0 Å². The standard InChI is InChI=1S/C19H32F2N4O/c1-18(7-15(18)24-5-3-22-11-13(24)9-20)17(26)19(2)8-16(19)25-6-4-23-12-14(25)10-21/h13-16,22-23H,3-12H2,1-2H3/t13?,14?,15?,16?,18-,19-/m0/s1. The van der Waals surface area contributed by atoms with Crippen molar-refractivity contribution in [1.82, 2.24) is 20.4 Å². The summed E-state index contributed by atoms with van der Waals surface area (Å²) in [6.45, 7) is 8.04. The summed E-state index contributed by atoms with van der Waals surface area (Å²) in [6, 6.07) is 0.0948. The lowest BCUT2D eigenvalue weighted by Crippen LogP contribution is -2.55. The average molecular weight is 370 g/mol. The molecule has 4 rings (SSSR count). The second-order valence-corrected chi connectivity index (χ2v) is 9.10. The van der Waals surface area contributed by atoms with Gasteiger partial charge in [0.05, 0.1) is 12.1 Å². The van der Waals surface area contributed by atoms with E-state index in [4.69, 9.17) is 0 Å². The van der Waals surface area contributed by atoms with Crippen molar-refractivity contribution >= 4 is 5.78 Å². The number of alkyl halides is 2. The Morgan fingerprint density at radius 3 is 1.73 bits per heavy atom. The molecule has 6 atom stereocenters. The molecule has 5 nitrogen and oxygen atoms in total. The Morgan fingerprint density at radius 2 is 1.35 bits per heavy atom. The maximum atomic E-state index is 13.4. The lowest BCUT2D eigenvalue weighted by atomic mass is 9.88. The van der Waals surface area contributed by atoms with E-state index in [-0.39, 0.29) is 48.3 Å². The van der Waals surface area contributed by atoms with Gasteiger partial charge in [-0.05, 0) is 12.8 Å². The van der Waals surface area contributed by atoms with Gasteiger partial charge in [-0.15, -0.1) is 0 Å². The van der Waals surface area contributed by atoms with Crippen LogP contribution in [0.1, 0.15) is 26.7 Å². The topological polar surface area (TPSA) is 47.6 Å². The van der Waals surface area contributed by atoms with E-state index in [9.17, 15) is 13.6 Å². The van der Waals surface area contributed by atoms with Crippen molar-refractivity contribution in [3.8, 4) is 0 Å². The van der Waals surface area contributed by atoms with E-state index in [0.717, 1.165) is 39.0 Å². The molecule has 26 heavy (non-hydrogen) atoms. The van der Waals surface area contributed by atoms with Crippen LogP contribution in [-0.2, 0) is 4.79 Å². The number of carbonyl (C=O) groups is 1. The van der Waals surface area contributed by atoms with Gasteiger partial charge in [0.25, 0.3) is 0 Å². The number of hydrogen-bond acceptors (Lipinski definition) is 5. The first-order chi connectivity index (χ1) is 12.5. The number of piperazine rings is 2. The Hall–Kier alpha value is -0.630. The summed E-state index contributed by atoms with van der Waals surface area (Å²) in [5.41, 5.74) is -0.735. The first-order valence-electron chi connectivity index (χ1n) is 10.1. The predicted octanol–water partition coefficient (Wildman–Crippen LogP) is 0.599. The number of ketones is 1. The zero-order valence-corrected chi connectivity index (χ0v) is 15.9. The van der Waals surface area contributed by atoms with Crippen LogP contribution in [0.5, 0.6) is 0 Å². The number of hydrogen-bond donors (Lipinski definition) is 2. The van der Waals surface area contributed by atoms with E-state index in [1.54, 1.807) is 0 Å². The number of carbonyl (C=O) groups excluding carboxylic acids is 1. The monoisotopic (exact) mass is 370 g/mol. The molecule has 4 aliphatic rings. The molecule has 2 N–H and O–H groups in total. The van der Waals surface area contributed by atoms with Gasteiger partial charge in [-0.3, -0.25) is 14.6 Å². The van der Waals surface area contributed by atoms with Crippen molar-refractivity contribution < 1.29 is 13.6 Å². The van der Waals surface area contributed by atoms with Gasteiger partial charge >= 0.3 is 0 Å². The number of nitrogens with zero attached hydrogens (tertiary/aromatic N) is 2. The molecule has 4 fully saturated rings. The fourth-order valence-electron chi connectivity index (χ4n) is 5.45. The third-order valence-electron chi connectivity index (χ3n) is 7.37. The minimum absolute atomic E-state index is 0.115. The molecule has 0 amide bonds. The first-order valence-corrected chi connectivity index (χ1v) is 10.1. The van der Waals surface area contributed by atoms with Crippen LogP contribution in [0.3, 0.4) is 0 Å². The zero-order valence-electron chi connectivity index (χ0n) is 15.9. The van der Waals surface area contributed by atoms with Gasteiger partial charge in [0.2, 0.25) is 0 Å². The molecule has 2 heterocycles. The van der Waals surface area contributed by atoms with E-state index in [0.29, 0.717) is 18.9 Å². The maximum Gasteiger partial charge on any atom is 0.147 e. The van der Waals surface area contributed by atoms with Gasteiger partial charge in [-0.25, -0.2) is 8.78 Å². The van der Waals surface area contributed by atoms with Crippen LogP contribution in [0.25, 0.3) is 0 Å². The molecule has 148 valence electrons. The Morgan fingerprint density at radius 1 is 0.923 bits per heavy atom. The van der Waals surface area contributed by atoms with Crippen LogP contribution in [-0.4, -0.2) is 92.4 Å². The molecule has 0 radical (unpaired) electrons. The summed E-state index contributed by atoms with van der Waals surface area (Å²) >= 11 is 0. The smallest absolute Gasteiger partial charge is 0.147 e. The summed E-state index contributed by atoms with van der Waals surface area (Å²) in [6.07, 6.45) is 1.66. The molecule has 2 aliphatic heterocycles. The third-order valence-corrected chi connectivity index (χ3v) is 7.37. The lowest BCUT2D eigenvalue weighted by Gasteiger charge is -2.37. The fraction of sp³-hybridized carbons (Fsp3) is 0.947. The molecule has 2 aliphatic carbocycles. The van der Waals surface area contributed by atoms with Crippen molar-refractivity contribution in [3.05, 3.63) is 0 Å². The Bertz CT molecular complexity index is 518. The zero-order chi connectivity index (χ0) is 18.5. The Labute approximate surface area is 154 Å². The largest absolute Gasteiger partial charge is 0.314 e. The second-order valence-electron chi connectivity index (χ2n) is 9.10. The van der Waals surface area contributed by atoms with E-state index in [1.807, 2.05) is 0 Å². The number of rotatable bonds is 6. The van der Waals surface area contributed by atoms with E-state index < -0.39 is 0 Å². The summed E-state index contributed by atoms with van der Waals surface area (Å²) in [4.78, 5) is 17.9. The normalized spacial score (nSPS) is 46.9. The highest BCUT2D eigenvalue weighted by molar-refractivity contribution is 5.96. The van der Waals surface area contributed by atoms with Gasteiger partial charge in [0, 0.05) is 62.2 Å². The number of halogens is 2. The molecule has 7 heteroatoms. The highest BCUT2D eigenvalue weighted by atomic mass is 19.1. The summed E-state index contributed by atoms with van der Waals surface area (Å²) in [7, 11) is 0. The second kappa shape index (κ2) is 6.76. The SMILES string of the molecule is C[C@]1(C(=O)[C@@]2(C)CC2N2CCNCC2CF)CC1N1CCNCC1CF. The summed E-state index contributed by atoms with van der Waals surface area (Å²) in [5, 5.41) is 6.49. The number of Topliss-reactive ketones (excluding diaryl/α,β-unsaturated/α-hetero) is 1. The molecule has 2 saturated carbocycles. The van der Waals surface area contributed by atoms with Crippen molar-refractivity contribution in [2.24, 2.45) is 10.8 Å². The van der Waals surface area contributed by atoms with Crippen LogP contribution in [0.4, 0.5) is 8.78 Å². The highest BCUT2D eigenvalue weighted by Gasteiger charge is 2.69. The van der Waals surface area contributed by atoms with Crippen molar-refractivity contribution in [2.75, 3.05) is 52.6 Å². The van der Waals surface area contributed by atoms with Crippen LogP contribution in [0.15, 0.2) is 0 Å². The average Bonchev–Trinajstić information content (AvgIpc) is 3.56. The fourth-order valence-corrected chi connectivity index (χ4v) is 5.45. The van der Waals surface area contributed by atoms with Crippen LogP contribution >= 0.6 is 0 Å². The molecular weight excluding hydrogens is 338 g/mol. The minimum atomic E-state index is -0.368.